The third-order valence-corrected chi connectivity index (χ3v) is 2.45. The van der Waals surface area contributed by atoms with Crippen LogP contribution >= 0.6 is 0 Å². The molecule has 1 amide bonds. The summed E-state index contributed by atoms with van der Waals surface area (Å²) in [5.41, 5.74) is 6.03. The highest BCUT2D eigenvalue weighted by molar-refractivity contribution is 5.93. The number of nitrogens with zero attached hydrogens (tertiary/aromatic N) is 2. The van der Waals surface area contributed by atoms with Crippen LogP contribution in [0.4, 0.5) is 0 Å². The largest absolute Gasteiger partial charge is 0.349 e. The third kappa shape index (κ3) is 3.58. The molecule has 5 heteroatoms. The molecule has 1 unspecified atom stereocenters. The summed E-state index contributed by atoms with van der Waals surface area (Å²) in [5.74, 6) is 0.240. The van der Waals surface area contributed by atoms with Crippen molar-refractivity contribution in [2.45, 2.75) is 26.3 Å². The van der Waals surface area contributed by atoms with Gasteiger partial charge in [-0.15, -0.1) is 0 Å². The van der Waals surface area contributed by atoms with Crippen LogP contribution in [0, 0.1) is 5.92 Å². The van der Waals surface area contributed by atoms with E-state index in [1.165, 1.54) is 12.4 Å². The molecule has 5 nitrogen and oxygen atoms in total. The van der Waals surface area contributed by atoms with Gasteiger partial charge in [0, 0.05) is 6.04 Å². The molecule has 1 atom stereocenters. The zero-order chi connectivity index (χ0) is 12.0. The van der Waals surface area contributed by atoms with Gasteiger partial charge in [-0.25, -0.2) is 0 Å². The average Bonchev–Trinajstić information content (AvgIpc) is 2.29. The zero-order valence-corrected chi connectivity index (χ0v) is 9.68. The molecular weight excluding hydrogens is 204 g/mol. The van der Waals surface area contributed by atoms with E-state index in [1.807, 2.05) is 0 Å². The van der Waals surface area contributed by atoms with E-state index in [1.54, 1.807) is 6.07 Å². The van der Waals surface area contributed by atoms with Gasteiger partial charge in [-0.05, 0) is 24.9 Å². The summed E-state index contributed by atoms with van der Waals surface area (Å²) in [7, 11) is 0. The minimum atomic E-state index is -0.123. The highest BCUT2D eigenvalue weighted by Gasteiger charge is 2.16. The van der Waals surface area contributed by atoms with Gasteiger partial charge in [-0.2, -0.15) is 10.2 Å². The van der Waals surface area contributed by atoms with Gasteiger partial charge in [0.15, 0.2) is 0 Å². The molecule has 3 N–H and O–H groups in total. The van der Waals surface area contributed by atoms with Crippen LogP contribution in [0.3, 0.4) is 0 Å². The van der Waals surface area contributed by atoms with Crippen LogP contribution in [-0.4, -0.2) is 28.7 Å². The molecule has 88 valence electrons. The maximum Gasteiger partial charge on any atom is 0.253 e. The highest BCUT2D eigenvalue weighted by Crippen LogP contribution is 2.06. The molecule has 0 spiro atoms. The molecule has 0 aliphatic rings. The molecular formula is C11H18N4O. The molecule has 1 aromatic heterocycles. The Morgan fingerprint density at radius 2 is 2.25 bits per heavy atom. The van der Waals surface area contributed by atoms with E-state index in [0.717, 1.165) is 6.42 Å². The minimum absolute atomic E-state index is 0.102. The van der Waals surface area contributed by atoms with Gasteiger partial charge in [-0.1, -0.05) is 13.8 Å². The van der Waals surface area contributed by atoms with E-state index < -0.39 is 0 Å². The maximum absolute atomic E-state index is 11.8. The summed E-state index contributed by atoms with van der Waals surface area (Å²) in [6.45, 7) is 4.69. The summed E-state index contributed by atoms with van der Waals surface area (Å²) in [6, 6.07) is 1.74. The number of nitrogens with two attached hydrogens (primary N) is 1. The van der Waals surface area contributed by atoms with Gasteiger partial charge >= 0.3 is 0 Å². The van der Waals surface area contributed by atoms with Crippen molar-refractivity contribution in [2.24, 2.45) is 11.7 Å². The van der Waals surface area contributed by atoms with Gasteiger partial charge in [-0.3, -0.25) is 4.79 Å². The molecule has 0 saturated carbocycles. The minimum Gasteiger partial charge on any atom is -0.349 e. The first-order chi connectivity index (χ1) is 7.65. The number of hydrogen-bond donors (Lipinski definition) is 2. The first-order valence-corrected chi connectivity index (χ1v) is 5.42. The average molecular weight is 222 g/mol. The van der Waals surface area contributed by atoms with E-state index in [2.05, 4.69) is 29.4 Å². The van der Waals surface area contributed by atoms with Crippen molar-refractivity contribution in [1.82, 2.24) is 15.5 Å². The van der Waals surface area contributed by atoms with E-state index in [9.17, 15) is 4.79 Å². The van der Waals surface area contributed by atoms with Gasteiger partial charge < -0.3 is 11.1 Å². The number of nitrogens with one attached hydrogen (secondary N) is 1. The lowest BCUT2D eigenvalue weighted by molar-refractivity contribution is 0.0923. The van der Waals surface area contributed by atoms with Crippen LogP contribution in [0.1, 0.15) is 30.6 Å². The van der Waals surface area contributed by atoms with Crippen LogP contribution in [0.15, 0.2) is 18.5 Å². The Morgan fingerprint density at radius 3 is 2.75 bits per heavy atom. The number of amides is 1. The van der Waals surface area contributed by atoms with Gasteiger partial charge in [0.05, 0.1) is 18.0 Å². The molecule has 0 aromatic carbocycles. The lowest BCUT2D eigenvalue weighted by Crippen LogP contribution is -2.39. The number of carbonyl (C=O) groups is 1. The van der Waals surface area contributed by atoms with E-state index in [4.69, 9.17) is 5.73 Å². The van der Waals surface area contributed by atoms with Crippen molar-refractivity contribution in [3.8, 4) is 0 Å². The summed E-state index contributed by atoms with van der Waals surface area (Å²) >= 11 is 0. The lowest BCUT2D eigenvalue weighted by Gasteiger charge is -2.21. The molecule has 1 rings (SSSR count). The van der Waals surface area contributed by atoms with E-state index >= 15 is 0 Å². The van der Waals surface area contributed by atoms with Gasteiger partial charge in [0.2, 0.25) is 0 Å². The predicted octanol–water partition coefficient (Wildman–Crippen LogP) is 0.580. The second-order valence-corrected chi connectivity index (χ2v) is 4.03. The number of carbonyl (C=O) groups excluding carboxylic acids is 1. The summed E-state index contributed by atoms with van der Waals surface area (Å²) in [6.07, 6.45) is 3.74. The van der Waals surface area contributed by atoms with Crippen LogP contribution in [0.5, 0.6) is 0 Å². The Hall–Kier alpha value is -1.49. The fraction of sp³-hybridized carbons (Fsp3) is 0.545. The fourth-order valence-corrected chi connectivity index (χ4v) is 1.43. The Labute approximate surface area is 95.4 Å². The van der Waals surface area contributed by atoms with Crippen molar-refractivity contribution < 1.29 is 4.79 Å². The maximum atomic E-state index is 11.8. The van der Waals surface area contributed by atoms with Gasteiger partial charge in [0.25, 0.3) is 5.91 Å². The standard InChI is InChI=1S/C11H18N4O/c1-8(2)10(3-5-12)15-11(16)9-4-6-13-14-7-9/h4,6-8,10H,3,5,12H2,1-2H3,(H,15,16). The predicted molar refractivity (Wildman–Crippen MR) is 61.8 cm³/mol. The molecule has 0 bridgehead atoms. The van der Waals surface area contributed by atoms with Crippen LogP contribution in [0.25, 0.3) is 0 Å². The molecule has 0 aliphatic heterocycles. The number of hydrogen-bond acceptors (Lipinski definition) is 4. The SMILES string of the molecule is CC(C)C(CCN)NC(=O)c1ccnnc1. The quantitative estimate of drug-likeness (QED) is 0.763. The number of aromatic nitrogens is 2. The summed E-state index contributed by atoms with van der Waals surface area (Å²) in [5, 5.41) is 10.2. The van der Waals surface area contributed by atoms with E-state index in [-0.39, 0.29) is 11.9 Å². The molecule has 1 heterocycles. The molecule has 0 aliphatic carbocycles. The van der Waals surface area contributed by atoms with Gasteiger partial charge in [0.1, 0.15) is 0 Å². The summed E-state index contributed by atoms with van der Waals surface area (Å²) in [4.78, 5) is 11.8. The van der Waals surface area contributed by atoms with Crippen molar-refractivity contribution in [3.63, 3.8) is 0 Å². The molecule has 1 aromatic rings. The Balaban J connectivity index is 2.62. The summed E-state index contributed by atoms with van der Waals surface area (Å²) < 4.78 is 0. The molecule has 0 saturated heterocycles. The topological polar surface area (TPSA) is 80.9 Å². The van der Waals surface area contributed by atoms with E-state index in [0.29, 0.717) is 18.0 Å². The Bertz CT molecular complexity index is 326. The monoisotopic (exact) mass is 222 g/mol. The van der Waals surface area contributed by atoms with Crippen LogP contribution < -0.4 is 11.1 Å². The van der Waals surface area contributed by atoms with Crippen LogP contribution in [-0.2, 0) is 0 Å². The second kappa shape index (κ2) is 6.17. The first-order valence-electron chi connectivity index (χ1n) is 5.42. The molecule has 0 fully saturated rings. The highest BCUT2D eigenvalue weighted by atomic mass is 16.1. The van der Waals surface area contributed by atoms with Crippen LogP contribution in [0.2, 0.25) is 0 Å². The molecule has 0 radical (unpaired) electrons. The lowest BCUT2D eigenvalue weighted by atomic mass is 10.0. The van der Waals surface area contributed by atoms with Crippen molar-refractivity contribution in [3.05, 3.63) is 24.0 Å². The normalized spacial score (nSPS) is 12.5. The third-order valence-electron chi connectivity index (χ3n) is 2.45. The Kier molecular flexibility index (Phi) is 4.85. The zero-order valence-electron chi connectivity index (χ0n) is 9.68. The smallest absolute Gasteiger partial charge is 0.253 e. The second-order valence-electron chi connectivity index (χ2n) is 4.03. The first kappa shape index (κ1) is 12.6. The fourth-order valence-electron chi connectivity index (χ4n) is 1.43. The van der Waals surface area contributed by atoms with Crippen molar-refractivity contribution >= 4 is 5.91 Å². The number of rotatable bonds is 5. The Morgan fingerprint density at radius 1 is 1.50 bits per heavy atom. The van der Waals surface area contributed by atoms with Crippen molar-refractivity contribution in [2.75, 3.05) is 6.54 Å². The molecule has 16 heavy (non-hydrogen) atoms. The van der Waals surface area contributed by atoms with Crippen molar-refractivity contribution in [1.29, 1.82) is 0 Å².